The summed E-state index contributed by atoms with van der Waals surface area (Å²) in [5.41, 5.74) is -1.62. The van der Waals surface area contributed by atoms with Gasteiger partial charge in [-0.25, -0.2) is 0 Å². The second kappa shape index (κ2) is 4.45. The Kier molecular flexibility index (Phi) is 3.13. The fraction of sp³-hybridized carbons (Fsp3) is 0.0909. The lowest BCUT2D eigenvalue weighted by Gasteiger charge is -2.13. The smallest absolute Gasteiger partial charge is 0.364 e. The summed E-state index contributed by atoms with van der Waals surface area (Å²) in [5.74, 6) is 0. The molecule has 0 unspecified atom stereocenters. The van der Waals surface area contributed by atoms with Crippen molar-refractivity contribution in [3.05, 3.63) is 40.6 Å². The monoisotopic (exact) mass is 275 g/mol. The van der Waals surface area contributed by atoms with Crippen molar-refractivity contribution in [2.45, 2.75) is 6.18 Å². The van der Waals surface area contributed by atoms with Crippen LogP contribution in [0.5, 0.6) is 0 Å². The topological polar surface area (TPSA) is 43.1 Å². The highest BCUT2D eigenvalue weighted by Crippen LogP contribution is 2.39. The Morgan fingerprint density at radius 1 is 1.33 bits per heavy atom. The lowest BCUT2D eigenvalue weighted by Crippen LogP contribution is -2.09. The van der Waals surface area contributed by atoms with Gasteiger partial charge in [-0.05, 0) is 12.1 Å². The molecule has 0 aliphatic carbocycles. The van der Waals surface area contributed by atoms with Gasteiger partial charge in [-0.1, -0.05) is 16.8 Å². The van der Waals surface area contributed by atoms with Gasteiger partial charge < -0.3 is 4.52 Å². The minimum absolute atomic E-state index is 0.0684. The quantitative estimate of drug-likeness (QED) is 0.782. The summed E-state index contributed by atoms with van der Waals surface area (Å²) in [6.07, 6.45) is -3.22. The fourth-order valence-corrected chi connectivity index (χ4v) is 1.80. The number of benzene rings is 1. The van der Waals surface area contributed by atoms with Crippen LogP contribution in [0.1, 0.15) is 15.9 Å². The molecule has 0 spiro atoms. The average Bonchev–Trinajstić information content (AvgIpc) is 2.79. The van der Waals surface area contributed by atoms with Crippen molar-refractivity contribution in [2.75, 3.05) is 0 Å². The largest absolute Gasteiger partial charge is 0.417 e. The molecule has 1 aromatic heterocycles. The highest BCUT2D eigenvalue weighted by molar-refractivity contribution is 6.31. The van der Waals surface area contributed by atoms with E-state index in [1.165, 1.54) is 6.07 Å². The number of aldehydes is 1. The van der Waals surface area contributed by atoms with Crippen LogP contribution >= 0.6 is 11.6 Å². The van der Waals surface area contributed by atoms with Gasteiger partial charge in [0, 0.05) is 22.2 Å². The molecule has 0 N–H and O–H groups in total. The maximum atomic E-state index is 12.9. The van der Waals surface area contributed by atoms with Crippen LogP contribution < -0.4 is 0 Å². The van der Waals surface area contributed by atoms with Crippen LogP contribution in [0.25, 0.3) is 11.3 Å². The Bertz CT molecular complexity index is 579. The molecule has 94 valence electrons. The predicted molar refractivity (Wildman–Crippen MR) is 57.3 cm³/mol. The Hall–Kier alpha value is -1.82. The zero-order valence-corrected chi connectivity index (χ0v) is 9.42. The molecule has 0 saturated heterocycles. The summed E-state index contributed by atoms with van der Waals surface area (Å²) in [4.78, 5) is 10.9. The van der Waals surface area contributed by atoms with Crippen molar-refractivity contribution in [2.24, 2.45) is 0 Å². The molecule has 0 aliphatic heterocycles. The summed E-state index contributed by atoms with van der Waals surface area (Å²) >= 11 is 5.57. The van der Waals surface area contributed by atoms with Crippen molar-refractivity contribution < 1.29 is 22.5 Å². The summed E-state index contributed by atoms with van der Waals surface area (Å²) in [5, 5.41) is 3.25. The normalized spacial score (nSPS) is 11.6. The van der Waals surface area contributed by atoms with Crippen LogP contribution in [0.4, 0.5) is 13.2 Å². The van der Waals surface area contributed by atoms with Gasteiger partial charge >= 0.3 is 6.18 Å². The van der Waals surface area contributed by atoms with Gasteiger partial charge in [-0.3, -0.25) is 4.79 Å². The van der Waals surface area contributed by atoms with Crippen LogP contribution in [-0.2, 0) is 6.18 Å². The molecular formula is C11H5ClF3NO2. The van der Waals surface area contributed by atoms with Crippen molar-refractivity contribution in [3.63, 3.8) is 0 Å². The van der Waals surface area contributed by atoms with Crippen LogP contribution in [0.15, 0.2) is 29.0 Å². The molecule has 0 amide bonds. The van der Waals surface area contributed by atoms with Crippen LogP contribution in [-0.4, -0.2) is 11.4 Å². The number of rotatable bonds is 2. The van der Waals surface area contributed by atoms with E-state index < -0.39 is 11.7 Å². The van der Waals surface area contributed by atoms with Crippen molar-refractivity contribution >= 4 is 17.9 Å². The zero-order valence-electron chi connectivity index (χ0n) is 8.66. The van der Waals surface area contributed by atoms with Crippen molar-refractivity contribution in [3.8, 4) is 11.3 Å². The summed E-state index contributed by atoms with van der Waals surface area (Å²) < 4.78 is 43.2. The molecule has 2 aromatic rings. The SMILES string of the molecule is O=Cc1cc(Cl)cc(C(F)(F)F)c1-c1ccon1. The molecular weight excluding hydrogens is 271 g/mol. The first-order valence-electron chi connectivity index (χ1n) is 4.70. The van der Waals surface area contributed by atoms with E-state index in [-0.39, 0.29) is 21.8 Å². The maximum Gasteiger partial charge on any atom is 0.417 e. The number of aromatic nitrogens is 1. The van der Waals surface area contributed by atoms with Gasteiger partial charge in [-0.2, -0.15) is 13.2 Å². The predicted octanol–water partition coefficient (Wildman–Crippen LogP) is 3.83. The van der Waals surface area contributed by atoms with E-state index in [4.69, 9.17) is 11.6 Å². The van der Waals surface area contributed by atoms with E-state index in [0.717, 1.165) is 18.4 Å². The van der Waals surface area contributed by atoms with Gasteiger partial charge in [0.1, 0.15) is 12.0 Å². The average molecular weight is 276 g/mol. The Labute approximate surface area is 104 Å². The third-order valence-electron chi connectivity index (χ3n) is 2.26. The minimum atomic E-state index is -4.64. The van der Waals surface area contributed by atoms with Gasteiger partial charge in [0.2, 0.25) is 0 Å². The Morgan fingerprint density at radius 3 is 2.56 bits per heavy atom. The lowest BCUT2D eigenvalue weighted by molar-refractivity contribution is -0.137. The maximum absolute atomic E-state index is 12.9. The summed E-state index contributed by atoms with van der Waals surface area (Å²) in [6.45, 7) is 0. The number of hydrogen-bond acceptors (Lipinski definition) is 3. The van der Waals surface area contributed by atoms with Gasteiger partial charge in [0.15, 0.2) is 6.29 Å². The second-order valence-electron chi connectivity index (χ2n) is 3.42. The van der Waals surface area contributed by atoms with E-state index in [1.807, 2.05) is 0 Å². The van der Waals surface area contributed by atoms with E-state index in [9.17, 15) is 18.0 Å². The second-order valence-corrected chi connectivity index (χ2v) is 3.85. The third-order valence-corrected chi connectivity index (χ3v) is 2.48. The molecule has 0 aliphatic rings. The summed E-state index contributed by atoms with van der Waals surface area (Å²) in [7, 11) is 0. The summed E-state index contributed by atoms with van der Waals surface area (Å²) in [6, 6.07) is 3.14. The molecule has 2 rings (SSSR count). The molecule has 18 heavy (non-hydrogen) atoms. The van der Waals surface area contributed by atoms with Gasteiger partial charge in [-0.15, -0.1) is 0 Å². The molecule has 0 saturated carbocycles. The highest BCUT2D eigenvalue weighted by Gasteiger charge is 2.36. The number of nitrogens with zero attached hydrogens (tertiary/aromatic N) is 1. The fourth-order valence-electron chi connectivity index (χ4n) is 1.57. The van der Waals surface area contributed by atoms with Crippen LogP contribution in [0, 0.1) is 0 Å². The molecule has 0 bridgehead atoms. The Balaban J connectivity index is 2.79. The van der Waals surface area contributed by atoms with Crippen LogP contribution in [0.2, 0.25) is 5.02 Å². The van der Waals surface area contributed by atoms with E-state index in [1.54, 1.807) is 0 Å². The van der Waals surface area contributed by atoms with E-state index in [2.05, 4.69) is 9.68 Å². The van der Waals surface area contributed by atoms with Gasteiger partial charge in [0.05, 0.1) is 5.56 Å². The Morgan fingerprint density at radius 2 is 2.06 bits per heavy atom. The first kappa shape index (κ1) is 12.6. The third kappa shape index (κ3) is 2.24. The zero-order chi connectivity index (χ0) is 13.3. The van der Waals surface area contributed by atoms with E-state index in [0.29, 0.717) is 6.29 Å². The molecule has 0 atom stereocenters. The first-order chi connectivity index (χ1) is 8.43. The highest BCUT2D eigenvalue weighted by atomic mass is 35.5. The van der Waals surface area contributed by atoms with Crippen molar-refractivity contribution in [1.82, 2.24) is 5.16 Å². The number of alkyl halides is 3. The number of carbonyl (C=O) groups excluding carboxylic acids is 1. The number of hydrogen-bond donors (Lipinski definition) is 0. The standard InChI is InChI=1S/C11H5ClF3NO2/c12-7-3-6(5-17)10(9-1-2-18-16-9)8(4-7)11(13,14)15/h1-5H. The minimum Gasteiger partial charge on any atom is -0.364 e. The lowest BCUT2D eigenvalue weighted by atomic mass is 9.98. The van der Waals surface area contributed by atoms with Crippen molar-refractivity contribution in [1.29, 1.82) is 0 Å². The van der Waals surface area contributed by atoms with Gasteiger partial charge in [0.25, 0.3) is 0 Å². The molecule has 7 heteroatoms. The number of halogens is 4. The number of carbonyl (C=O) groups is 1. The molecule has 0 fully saturated rings. The molecule has 3 nitrogen and oxygen atoms in total. The molecule has 0 radical (unpaired) electrons. The first-order valence-corrected chi connectivity index (χ1v) is 5.08. The van der Waals surface area contributed by atoms with E-state index >= 15 is 0 Å². The molecule has 1 aromatic carbocycles. The van der Waals surface area contributed by atoms with Crippen LogP contribution in [0.3, 0.4) is 0 Å². The molecule has 1 heterocycles.